The number of oxime groups is 1. The van der Waals surface area contributed by atoms with Crippen molar-refractivity contribution < 1.29 is 14.7 Å². The fraction of sp³-hybridized carbons (Fsp3) is 0.727. The standard InChI is InChI=1S/C22H29NO3/c1-13-11-14-12-15(23-25)3-4-16(14)17-5-8-21(2)18(20(13)17)6-9-22(21)10-7-19(24)26-22/h7,10,12-13,16-18,20,25H,3-6,8-9,11H2,1-2H3/b23-15+/t13-,16+,17?,18?,20?,21+,22-/m1/s1. The molecule has 3 unspecified atom stereocenters. The minimum absolute atomic E-state index is 0.0820. The SMILES string of the molecule is C[C@@H]1CC2=C/C(=N/O)CC[C@@H]2C2CC[C@@]3(C)C(CC[C@@]34C=CC(=O)O4)C21. The summed E-state index contributed by atoms with van der Waals surface area (Å²) < 4.78 is 5.93. The van der Waals surface area contributed by atoms with Gasteiger partial charge in [-0.15, -0.1) is 0 Å². The number of carbonyl (C=O) groups is 1. The van der Waals surface area contributed by atoms with Crippen LogP contribution >= 0.6 is 0 Å². The zero-order valence-corrected chi connectivity index (χ0v) is 15.8. The lowest BCUT2D eigenvalue weighted by molar-refractivity contribution is -0.162. The second-order valence-electron chi connectivity index (χ2n) is 9.62. The van der Waals surface area contributed by atoms with Gasteiger partial charge in [-0.3, -0.25) is 0 Å². The Balaban J connectivity index is 1.49. The van der Waals surface area contributed by atoms with Crippen LogP contribution in [0.5, 0.6) is 0 Å². The molecule has 0 bridgehead atoms. The van der Waals surface area contributed by atoms with E-state index < -0.39 is 0 Å². The van der Waals surface area contributed by atoms with E-state index in [1.165, 1.54) is 18.4 Å². The van der Waals surface area contributed by atoms with Gasteiger partial charge in [0.05, 0.1) is 5.71 Å². The minimum Gasteiger partial charge on any atom is -0.451 e. The number of hydrogen-bond acceptors (Lipinski definition) is 4. The number of hydrogen-bond donors (Lipinski definition) is 1. The molecule has 0 amide bonds. The van der Waals surface area contributed by atoms with E-state index in [1.54, 1.807) is 6.08 Å². The molecule has 0 saturated heterocycles. The summed E-state index contributed by atoms with van der Waals surface area (Å²) in [6.07, 6.45) is 13.6. The van der Waals surface area contributed by atoms with Crippen molar-refractivity contribution in [2.45, 2.75) is 64.4 Å². The zero-order chi connectivity index (χ0) is 18.1. The van der Waals surface area contributed by atoms with E-state index in [-0.39, 0.29) is 17.0 Å². The van der Waals surface area contributed by atoms with Gasteiger partial charge in [0.1, 0.15) is 5.60 Å². The quantitative estimate of drug-likeness (QED) is 0.396. The Bertz CT molecular complexity index is 738. The molecule has 0 aromatic carbocycles. The molecule has 1 heterocycles. The molecular formula is C22H29NO3. The average Bonchev–Trinajstić information content (AvgIpc) is 3.15. The summed E-state index contributed by atoms with van der Waals surface area (Å²) in [5.41, 5.74) is 2.10. The van der Waals surface area contributed by atoms with Crippen LogP contribution in [0.25, 0.3) is 0 Å². The smallest absolute Gasteiger partial charge is 0.331 e. The molecular weight excluding hydrogens is 326 g/mol. The number of allylic oxidation sites excluding steroid dienone is 2. The van der Waals surface area contributed by atoms with Gasteiger partial charge in [0.25, 0.3) is 0 Å². The van der Waals surface area contributed by atoms with Gasteiger partial charge in [-0.2, -0.15) is 0 Å². The predicted molar refractivity (Wildman–Crippen MR) is 98.8 cm³/mol. The summed E-state index contributed by atoms with van der Waals surface area (Å²) in [5, 5.41) is 12.6. The first-order chi connectivity index (χ1) is 12.5. The van der Waals surface area contributed by atoms with Crippen LogP contribution in [-0.4, -0.2) is 22.5 Å². The first kappa shape index (κ1) is 16.6. The fourth-order valence-electron chi connectivity index (χ4n) is 7.61. The molecule has 3 saturated carbocycles. The van der Waals surface area contributed by atoms with Gasteiger partial charge in [0.15, 0.2) is 0 Å². The van der Waals surface area contributed by atoms with Crippen LogP contribution in [0.1, 0.15) is 58.8 Å². The first-order valence-corrected chi connectivity index (χ1v) is 10.3. The van der Waals surface area contributed by atoms with E-state index in [0.717, 1.165) is 49.7 Å². The molecule has 140 valence electrons. The number of rotatable bonds is 0. The summed E-state index contributed by atoms with van der Waals surface area (Å²) in [5.74, 6) is 3.24. The topological polar surface area (TPSA) is 58.9 Å². The van der Waals surface area contributed by atoms with E-state index in [1.807, 2.05) is 0 Å². The minimum atomic E-state index is -0.348. The van der Waals surface area contributed by atoms with Crippen molar-refractivity contribution in [3.05, 3.63) is 23.8 Å². The van der Waals surface area contributed by atoms with E-state index in [9.17, 15) is 10.0 Å². The monoisotopic (exact) mass is 355 g/mol. The van der Waals surface area contributed by atoms with Gasteiger partial charge < -0.3 is 9.94 Å². The maximum absolute atomic E-state index is 11.9. The Kier molecular flexibility index (Phi) is 3.48. The maximum Gasteiger partial charge on any atom is 0.331 e. The van der Waals surface area contributed by atoms with E-state index in [0.29, 0.717) is 17.8 Å². The first-order valence-electron chi connectivity index (χ1n) is 10.3. The van der Waals surface area contributed by atoms with E-state index in [2.05, 4.69) is 31.2 Å². The van der Waals surface area contributed by atoms with Gasteiger partial charge in [-0.25, -0.2) is 4.79 Å². The number of fused-ring (bicyclic) bond motifs is 6. The summed E-state index contributed by atoms with van der Waals surface area (Å²) in [4.78, 5) is 11.9. The molecule has 4 nitrogen and oxygen atoms in total. The second kappa shape index (κ2) is 5.46. The van der Waals surface area contributed by atoms with E-state index >= 15 is 0 Å². The Morgan fingerprint density at radius 1 is 1.27 bits per heavy atom. The lowest BCUT2D eigenvalue weighted by Crippen LogP contribution is -2.54. The molecule has 1 N–H and O–H groups in total. The van der Waals surface area contributed by atoms with Gasteiger partial charge >= 0.3 is 5.97 Å². The highest BCUT2D eigenvalue weighted by Gasteiger charge is 2.65. The molecule has 0 aromatic rings. The van der Waals surface area contributed by atoms with Gasteiger partial charge in [-0.1, -0.05) is 24.6 Å². The lowest BCUT2D eigenvalue weighted by Gasteiger charge is -2.57. The van der Waals surface area contributed by atoms with Gasteiger partial charge in [0, 0.05) is 11.5 Å². The maximum atomic E-state index is 11.9. The Morgan fingerprint density at radius 3 is 2.85 bits per heavy atom. The van der Waals surface area contributed by atoms with Crippen LogP contribution in [0.2, 0.25) is 0 Å². The lowest BCUT2D eigenvalue weighted by atomic mass is 9.48. The molecule has 0 aromatic heterocycles. The highest BCUT2D eigenvalue weighted by atomic mass is 16.6. The average molecular weight is 355 g/mol. The van der Waals surface area contributed by atoms with Crippen LogP contribution in [-0.2, 0) is 9.53 Å². The summed E-state index contributed by atoms with van der Waals surface area (Å²) >= 11 is 0. The predicted octanol–water partition coefficient (Wildman–Crippen LogP) is 4.49. The molecule has 1 spiro atoms. The fourth-order valence-corrected chi connectivity index (χ4v) is 7.61. The second-order valence-corrected chi connectivity index (χ2v) is 9.62. The number of carbonyl (C=O) groups excluding carboxylic acids is 1. The van der Waals surface area contributed by atoms with Crippen LogP contribution < -0.4 is 0 Å². The van der Waals surface area contributed by atoms with Crippen molar-refractivity contribution in [3.63, 3.8) is 0 Å². The molecule has 7 atom stereocenters. The Morgan fingerprint density at radius 2 is 2.12 bits per heavy atom. The highest BCUT2D eigenvalue weighted by molar-refractivity contribution is 5.96. The van der Waals surface area contributed by atoms with Crippen molar-refractivity contribution >= 4 is 11.7 Å². The Hall–Kier alpha value is -1.58. The molecule has 5 rings (SSSR count). The van der Waals surface area contributed by atoms with Crippen LogP contribution in [0.4, 0.5) is 0 Å². The summed E-state index contributed by atoms with van der Waals surface area (Å²) in [7, 11) is 0. The molecule has 5 aliphatic rings. The largest absolute Gasteiger partial charge is 0.451 e. The third-order valence-corrected chi connectivity index (χ3v) is 8.74. The van der Waals surface area contributed by atoms with Gasteiger partial charge in [0.2, 0.25) is 0 Å². The summed E-state index contributed by atoms with van der Waals surface area (Å²) in [6, 6.07) is 0. The third-order valence-electron chi connectivity index (χ3n) is 8.74. The molecule has 1 aliphatic heterocycles. The normalized spacial score (nSPS) is 51.0. The number of nitrogens with zero attached hydrogens (tertiary/aromatic N) is 1. The number of ether oxygens (including phenoxy) is 1. The van der Waals surface area contributed by atoms with Crippen LogP contribution in [0.3, 0.4) is 0 Å². The molecule has 4 heteroatoms. The van der Waals surface area contributed by atoms with Crippen LogP contribution in [0.15, 0.2) is 29.0 Å². The van der Waals surface area contributed by atoms with Crippen molar-refractivity contribution in [3.8, 4) is 0 Å². The molecule has 4 aliphatic carbocycles. The van der Waals surface area contributed by atoms with Crippen molar-refractivity contribution in [2.24, 2.45) is 40.2 Å². The van der Waals surface area contributed by atoms with Gasteiger partial charge in [-0.05, 0) is 86.7 Å². The molecule has 0 radical (unpaired) electrons. The molecule has 3 fully saturated rings. The number of esters is 1. The summed E-state index contributed by atoms with van der Waals surface area (Å²) in [6.45, 7) is 4.80. The van der Waals surface area contributed by atoms with Crippen molar-refractivity contribution in [1.29, 1.82) is 0 Å². The van der Waals surface area contributed by atoms with Crippen LogP contribution in [0, 0.1) is 35.0 Å². The third kappa shape index (κ3) is 2.02. The van der Waals surface area contributed by atoms with Crippen molar-refractivity contribution in [2.75, 3.05) is 0 Å². The highest BCUT2D eigenvalue weighted by Crippen LogP contribution is 2.67. The van der Waals surface area contributed by atoms with E-state index in [4.69, 9.17) is 4.74 Å². The van der Waals surface area contributed by atoms with Crippen molar-refractivity contribution in [1.82, 2.24) is 0 Å². The zero-order valence-electron chi connectivity index (χ0n) is 15.8. The Labute approximate surface area is 155 Å². The molecule has 26 heavy (non-hydrogen) atoms.